The minimum absolute atomic E-state index is 0.292. The summed E-state index contributed by atoms with van der Waals surface area (Å²) in [4.78, 5) is 8.81. The van der Waals surface area contributed by atoms with E-state index in [1.165, 1.54) is 11.1 Å². The topological polar surface area (TPSA) is 63.8 Å². The van der Waals surface area contributed by atoms with E-state index in [4.69, 9.17) is 18.0 Å². The first kappa shape index (κ1) is 12.0. The summed E-state index contributed by atoms with van der Waals surface area (Å²) in [7, 11) is 0. The fourth-order valence-electron chi connectivity index (χ4n) is 2.41. The third-order valence-corrected chi connectivity index (χ3v) is 3.50. The SMILES string of the molecule is NC(=S)c1ccnc(NC2Cc3ccccc3C2)n1. The number of benzene rings is 1. The molecule has 2 aromatic rings. The summed E-state index contributed by atoms with van der Waals surface area (Å²) in [6.07, 6.45) is 3.67. The van der Waals surface area contributed by atoms with Crippen molar-refractivity contribution in [3.8, 4) is 0 Å². The molecule has 1 aromatic carbocycles. The molecule has 0 bridgehead atoms. The Morgan fingerprint density at radius 3 is 2.53 bits per heavy atom. The van der Waals surface area contributed by atoms with Crippen molar-refractivity contribution in [3.63, 3.8) is 0 Å². The highest BCUT2D eigenvalue weighted by Gasteiger charge is 2.21. The van der Waals surface area contributed by atoms with Crippen LogP contribution in [0.1, 0.15) is 16.8 Å². The lowest BCUT2D eigenvalue weighted by molar-refractivity contribution is 0.761. The van der Waals surface area contributed by atoms with Crippen molar-refractivity contribution >= 4 is 23.2 Å². The minimum atomic E-state index is 0.292. The molecule has 0 amide bonds. The van der Waals surface area contributed by atoms with Gasteiger partial charge in [0.1, 0.15) is 10.7 Å². The van der Waals surface area contributed by atoms with E-state index in [1.54, 1.807) is 12.3 Å². The quantitative estimate of drug-likeness (QED) is 0.831. The van der Waals surface area contributed by atoms with Crippen molar-refractivity contribution in [1.29, 1.82) is 0 Å². The maximum Gasteiger partial charge on any atom is 0.223 e. The number of nitrogens with two attached hydrogens (primary N) is 1. The second kappa shape index (κ2) is 4.93. The van der Waals surface area contributed by atoms with Gasteiger partial charge in [0.05, 0.1) is 0 Å². The second-order valence-electron chi connectivity index (χ2n) is 4.65. The summed E-state index contributed by atoms with van der Waals surface area (Å²) in [5.74, 6) is 0.586. The van der Waals surface area contributed by atoms with E-state index in [-0.39, 0.29) is 0 Å². The molecule has 96 valence electrons. The van der Waals surface area contributed by atoms with Gasteiger partial charge in [0.2, 0.25) is 5.95 Å². The molecule has 0 radical (unpaired) electrons. The van der Waals surface area contributed by atoms with Crippen LogP contribution >= 0.6 is 12.2 Å². The molecule has 1 aliphatic rings. The smallest absolute Gasteiger partial charge is 0.223 e. The van der Waals surface area contributed by atoms with E-state index < -0.39 is 0 Å². The van der Waals surface area contributed by atoms with Crippen molar-refractivity contribution < 1.29 is 0 Å². The van der Waals surface area contributed by atoms with Crippen LogP contribution in [0.25, 0.3) is 0 Å². The number of rotatable bonds is 3. The molecular weight excluding hydrogens is 256 g/mol. The zero-order valence-corrected chi connectivity index (χ0v) is 11.2. The number of nitrogens with one attached hydrogen (secondary N) is 1. The van der Waals surface area contributed by atoms with Crippen molar-refractivity contribution in [3.05, 3.63) is 53.3 Å². The minimum Gasteiger partial charge on any atom is -0.388 e. The number of fused-ring (bicyclic) bond motifs is 1. The number of hydrogen-bond donors (Lipinski definition) is 2. The Balaban J connectivity index is 1.74. The Hall–Kier alpha value is -2.01. The van der Waals surface area contributed by atoms with Gasteiger partial charge in [0.15, 0.2) is 0 Å². The summed E-state index contributed by atoms with van der Waals surface area (Å²) < 4.78 is 0. The van der Waals surface area contributed by atoms with Gasteiger partial charge in [-0.1, -0.05) is 36.5 Å². The van der Waals surface area contributed by atoms with Gasteiger partial charge in [0.25, 0.3) is 0 Å². The van der Waals surface area contributed by atoms with Gasteiger partial charge in [0, 0.05) is 12.2 Å². The van der Waals surface area contributed by atoms with E-state index >= 15 is 0 Å². The number of anilines is 1. The predicted octanol–water partition coefficient (Wildman–Crippen LogP) is 1.69. The van der Waals surface area contributed by atoms with E-state index in [0.717, 1.165) is 12.8 Å². The summed E-state index contributed by atoms with van der Waals surface area (Å²) >= 11 is 4.92. The predicted molar refractivity (Wildman–Crippen MR) is 79.2 cm³/mol. The Morgan fingerprint density at radius 2 is 1.89 bits per heavy atom. The molecule has 0 saturated heterocycles. The largest absolute Gasteiger partial charge is 0.388 e. The van der Waals surface area contributed by atoms with Crippen LogP contribution in [0.3, 0.4) is 0 Å². The highest BCUT2D eigenvalue weighted by molar-refractivity contribution is 7.80. The van der Waals surface area contributed by atoms with Gasteiger partial charge in [-0.3, -0.25) is 0 Å². The van der Waals surface area contributed by atoms with Gasteiger partial charge < -0.3 is 11.1 Å². The molecule has 19 heavy (non-hydrogen) atoms. The molecule has 0 saturated carbocycles. The summed E-state index contributed by atoms with van der Waals surface area (Å²) in [5, 5.41) is 3.35. The molecule has 1 heterocycles. The van der Waals surface area contributed by atoms with Gasteiger partial charge in [-0.15, -0.1) is 0 Å². The number of thiocarbonyl (C=S) groups is 1. The van der Waals surface area contributed by atoms with E-state index in [1.807, 2.05) is 0 Å². The van der Waals surface area contributed by atoms with Crippen molar-refractivity contribution in [2.45, 2.75) is 18.9 Å². The van der Waals surface area contributed by atoms with Gasteiger partial charge in [-0.05, 0) is 30.0 Å². The highest BCUT2D eigenvalue weighted by Crippen LogP contribution is 2.23. The van der Waals surface area contributed by atoms with Gasteiger partial charge in [-0.2, -0.15) is 0 Å². The van der Waals surface area contributed by atoms with E-state index in [2.05, 4.69) is 39.6 Å². The Labute approximate surface area is 117 Å². The molecule has 0 fully saturated rings. The lowest BCUT2D eigenvalue weighted by atomic mass is 10.1. The van der Waals surface area contributed by atoms with Crippen LogP contribution in [0.2, 0.25) is 0 Å². The fraction of sp³-hybridized carbons (Fsp3) is 0.214. The monoisotopic (exact) mass is 270 g/mol. The highest BCUT2D eigenvalue weighted by atomic mass is 32.1. The average Bonchev–Trinajstić information content (AvgIpc) is 2.81. The lowest BCUT2D eigenvalue weighted by Gasteiger charge is -2.12. The Kier molecular flexibility index (Phi) is 3.13. The number of aromatic nitrogens is 2. The molecule has 1 aliphatic carbocycles. The molecule has 4 nitrogen and oxygen atoms in total. The zero-order chi connectivity index (χ0) is 13.2. The van der Waals surface area contributed by atoms with Gasteiger partial charge in [-0.25, -0.2) is 9.97 Å². The summed E-state index contributed by atoms with van der Waals surface area (Å²) in [6, 6.07) is 10.5. The van der Waals surface area contributed by atoms with Crippen LogP contribution in [-0.2, 0) is 12.8 Å². The molecular formula is C14H14N4S. The zero-order valence-electron chi connectivity index (χ0n) is 10.3. The molecule has 0 aliphatic heterocycles. The van der Waals surface area contributed by atoms with E-state index in [9.17, 15) is 0 Å². The Morgan fingerprint density at radius 1 is 1.21 bits per heavy atom. The van der Waals surface area contributed by atoms with Crippen molar-refractivity contribution in [1.82, 2.24) is 9.97 Å². The van der Waals surface area contributed by atoms with Crippen LogP contribution < -0.4 is 11.1 Å². The maximum atomic E-state index is 5.57. The first-order valence-corrected chi connectivity index (χ1v) is 6.59. The first-order chi connectivity index (χ1) is 9.22. The number of hydrogen-bond acceptors (Lipinski definition) is 4. The molecule has 5 heteroatoms. The molecule has 0 unspecified atom stereocenters. The molecule has 0 spiro atoms. The van der Waals surface area contributed by atoms with Crippen LogP contribution in [0.15, 0.2) is 36.5 Å². The second-order valence-corrected chi connectivity index (χ2v) is 5.09. The fourth-order valence-corrected chi connectivity index (χ4v) is 2.52. The molecule has 0 atom stereocenters. The molecule has 3 rings (SSSR count). The molecule has 3 N–H and O–H groups in total. The van der Waals surface area contributed by atoms with Crippen LogP contribution in [0.5, 0.6) is 0 Å². The van der Waals surface area contributed by atoms with Crippen molar-refractivity contribution in [2.75, 3.05) is 5.32 Å². The molecule has 1 aromatic heterocycles. The van der Waals surface area contributed by atoms with Crippen molar-refractivity contribution in [2.24, 2.45) is 5.73 Å². The summed E-state index contributed by atoms with van der Waals surface area (Å²) in [6.45, 7) is 0. The number of nitrogens with zero attached hydrogens (tertiary/aromatic N) is 2. The normalized spacial score (nSPS) is 14.1. The van der Waals surface area contributed by atoms with Crippen LogP contribution in [0, 0.1) is 0 Å². The lowest BCUT2D eigenvalue weighted by Crippen LogP contribution is -2.22. The van der Waals surface area contributed by atoms with E-state index in [0.29, 0.717) is 22.7 Å². The Bertz CT molecular complexity index is 601. The third-order valence-electron chi connectivity index (χ3n) is 3.29. The summed E-state index contributed by atoms with van der Waals surface area (Å²) in [5.41, 5.74) is 8.96. The average molecular weight is 270 g/mol. The van der Waals surface area contributed by atoms with Crippen LogP contribution in [-0.4, -0.2) is 21.0 Å². The third kappa shape index (κ3) is 2.56. The maximum absolute atomic E-state index is 5.57. The first-order valence-electron chi connectivity index (χ1n) is 6.18. The standard InChI is InChI=1S/C14H14N4S/c15-13(19)12-5-6-16-14(18-12)17-11-7-9-3-1-2-4-10(9)8-11/h1-6,11H,7-8H2,(H2,15,19)(H,16,17,18). The van der Waals surface area contributed by atoms with Crippen LogP contribution in [0.4, 0.5) is 5.95 Å². The van der Waals surface area contributed by atoms with Gasteiger partial charge >= 0.3 is 0 Å².